The molecule has 0 radical (unpaired) electrons. The Morgan fingerprint density at radius 3 is 1.75 bits per heavy atom. The molecule has 2 aromatic carbocycles. The van der Waals surface area contributed by atoms with E-state index in [-0.39, 0.29) is 18.6 Å². The van der Waals surface area contributed by atoms with Gasteiger partial charge in [0.1, 0.15) is 11.4 Å². The fraction of sp³-hybridized carbons (Fsp3) is 0.375. The van der Waals surface area contributed by atoms with E-state index in [0.29, 0.717) is 0 Å². The molecule has 1 unspecified atom stereocenters. The van der Waals surface area contributed by atoms with Gasteiger partial charge in [-0.15, -0.1) is 0 Å². The molecule has 1 aliphatic rings. The number of hydrogen-bond donors (Lipinski definition) is 0. The van der Waals surface area contributed by atoms with Gasteiger partial charge in [-0.3, -0.25) is 9.59 Å². The van der Waals surface area contributed by atoms with Crippen molar-refractivity contribution in [3.05, 3.63) is 71.8 Å². The van der Waals surface area contributed by atoms with Crippen LogP contribution in [0.15, 0.2) is 60.7 Å². The molecular formula is C24H25NO3. The van der Waals surface area contributed by atoms with Crippen LogP contribution in [-0.4, -0.2) is 17.4 Å². The number of ether oxygens (including phenoxy) is 1. The molecule has 1 saturated carbocycles. The molecule has 0 aliphatic heterocycles. The van der Waals surface area contributed by atoms with Crippen molar-refractivity contribution in [1.29, 1.82) is 5.26 Å². The van der Waals surface area contributed by atoms with Gasteiger partial charge in [0.2, 0.25) is 0 Å². The lowest BCUT2D eigenvalue weighted by atomic mass is 9.56. The van der Waals surface area contributed by atoms with E-state index in [1.165, 1.54) is 0 Å². The molecule has 0 amide bonds. The molecule has 0 bridgehead atoms. The summed E-state index contributed by atoms with van der Waals surface area (Å²) < 4.78 is 5.74. The number of Topliss-reactive ketones (excluding diaryl/α,β-unsaturated/α-hetero) is 1. The minimum absolute atomic E-state index is 0.0529. The Kier molecular flexibility index (Phi) is 5.38. The fourth-order valence-corrected chi connectivity index (χ4v) is 4.08. The van der Waals surface area contributed by atoms with Gasteiger partial charge >= 0.3 is 5.97 Å². The summed E-state index contributed by atoms with van der Waals surface area (Å²) in [5.74, 6) is -1.62. The maximum Gasteiger partial charge on any atom is 0.328 e. The number of hydrogen-bond acceptors (Lipinski definition) is 4. The summed E-state index contributed by atoms with van der Waals surface area (Å²) in [5.41, 5.74) is -0.581. The number of esters is 1. The van der Waals surface area contributed by atoms with Crippen molar-refractivity contribution in [1.82, 2.24) is 0 Å². The van der Waals surface area contributed by atoms with Crippen molar-refractivity contribution >= 4 is 11.8 Å². The summed E-state index contributed by atoms with van der Waals surface area (Å²) in [6.45, 7) is 5.37. The molecule has 28 heavy (non-hydrogen) atoms. The summed E-state index contributed by atoms with van der Waals surface area (Å²) in [7, 11) is 0. The van der Waals surface area contributed by atoms with E-state index in [1.807, 2.05) is 60.7 Å². The highest BCUT2D eigenvalue weighted by Gasteiger charge is 2.58. The molecule has 3 atom stereocenters. The van der Waals surface area contributed by atoms with E-state index in [0.717, 1.165) is 11.1 Å². The predicted molar refractivity (Wildman–Crippen MR) is 106 cm³/mol. The summed E-state index contributed by atoms with van der Waals surface area (Å²) in [5, 5.41) is 10.4. The monoisotopic (exact) mass is 375 g/mol. The summed E-state index contributed by atoms with van der Waals surface area (Å²) in [6, 6.07) is 21.1. The van der Waals surface area contributed by atoms with Crippen LogP contribution in [0.2, 0.25) is 0 Å². The van der Waals surface area contributed by atoms with Crippen LogP contribution in [-0.2, 0) is 14.3 Å². The normalized spacial score (nSPS) is 25.0. The van der Waals surface area contributed by atoms with Gasteiger partial charge in [0.15, 0.2) is 5.41 Å². The third-order valence-corrected chi connectivity index (χ3v) is 5.29. The molecule has 1 aliphatic carbocycles. The summed E-state index contributed by atoms with van der Waals surface area (Å²) in [6.07, 6.45) is 0.306. The molecule has 2 aromatic rings. The minimum atomic E-state index is -1.47. The Bertz CT molecular complexity index is 839. The average molecular weight is 375 g/mol. The molecular weight excluding hydrogens is 350 g/mol. The number of carbonyl (C=O) groups is 2. The Balaban J connectivity index is 2.21. The van der Waals surface area contributed by atoms with Crippen molar-refractivity contribution in [3.63, 3.8) is 0 Å². The zero-order valence-electron chi connectivity index (χ0n) is 16.5. The number of ketones is 1. The first kappa shape index (κ1) is 19.8. The van der Waals surface area contributed by atoms with Crippen LogP contribution in [0.5, 0.6) is 0 Å². The van der Waals surface area contributed by atoms with Crippen molar-refractivity contribution in [2.45, 2.75) is 51.0 Å². The van der Waals surface area contributed by atoms with E-state index < -0.39 is 28.8 Å². The molecule has 0 aromatic heterocycles. The molecule has 0 spiro atoms. The second-order valence-electron chi connectivity index (χ2n) is 8.36. The molecule has 3 rings (SSSR count). The fourth-order valence-electron chi connectivity index (χ4n) is 4.08. The molecule has 0 heterocycles. The van der Waals surface area contributed by atoms with E-state index in [4.69, 9.17) is 4.74 Å². The van der Waals surface area contributed by atoms with Gasteiger partial charge in [-0.1, -0.05) is 60.7 Å². The second-order valence-corrected chi connectivity index (χ2v) is 8.36. The standard InChI is InChI=1S/C24H25NO3/c1-23(2,3)28-22(27)24(16-25)20(17-10-6-4-7-11-17)14-19(26)15-21(24)18-12-8-5-9-13-18/h4-13,20-21H,14-15H2,1-3H3/t20-,21+,24?. The van der Waals surface area contributed by atoms with Crippen molar-refractivity contribution in [2.24, 2.45) is 5.41 Å². The van der Waals surface area contributed by atoms with Crippen LogP contribution in [0.25, 0.3) is 0 Å². The number of rotatable bonds is 3. The first-order chi connectivity index (χ1) is 13.3. The van der Waals surface area contributed by atoms with Crippen LogP contribution in [0, 0.1) is 16.7 Å². The Morgan fingerprint density at radius 1 is 0.964 bits per heavy atom. The van der Waals surface area contributed by atoms with E-state index in [9.17, 15) is 14.9 Å². The van der Waals surface area contributed by atoms with Gasteiger partial charge < -0.3 is 4.74 Å². The highest BCUT2D eigenvalue weighted by atomic mass is 16.6. The highest BCUT2D eigenvalue weighted by molar-refractivity contribution is 5.90. The highest BCUT2D eigenvalue weighted by Crippen LogP contribution is 2.54. The van der Waals surface area contributed by atoms with Crippen LogP contribution in [0.3, 0.4) is 0 Å². The lowest BCUT2D eigenvalue weighted by Crippen LogP contribution is -2.49. The molecule has 1 fully saturated rings. The lowest BCUT2D eigenvalue weighted by molar-refractivity contribution is -0.168. The first-order valence-electron chi connectivity index (χ1n) is 9.54. The van der Waals surface area contributed by atoms with Gasteiger partial charge in [-0.25, -0.2) is 0 Å². The molecule has 144 valence electrons. The van der Waals surface area contributed by atoms with Crippen LogP contribution in [0.4, 0.5) is 0 Å². The third-order valence-electron chi connectivity index (χ3n) is 5.29. The smallest absolute Gasteiger partial charge is 0.328 e. The maximum absolute atomic E-state index is 13.5. The van der Waals surface area contributed by atoms with E-state index in [2.05, 4.69) is 6.07 Å². The second kappa shape index (κ2) is 7.59. The van der Waals surface area contributed by atoms with Crippen molar-refractivity contribution < 1.29 is 14.3 Å². The quantitative estimate of drug-likeness (QED) is 0.725. The number of benzene rings is 2. The maximum atomic E-state index is 13.5. The zero-order chi connectivity index (χ0) is 20.4. The van der Waals surface area contributed by atoms with Gasteiger partial charge in [-0.05, 0) is 31.9 Å². The van der Waals surface area contributed by atoms with E-state index >= 15 is 0 Å². The van der Waals surface area contributed by atoms with Gasteiger partial charge in [0, 0.05) is 24.7 Å². The topological polar surface area (TPSA) is 67.2 Å². The van der Waals surface area contributed by atoms with Crippen LogP contribution < -0.4 is 0 Å². The van der Waals surface area contributed by atoms with Gasteiger partial charge in [-0.2, -0.15) is 5.26 Å². The lowest BCUT2D eigenvalue weighted by Gasteiger charge is -2.43. The summed E-state index contributed by atoms with van der Waals surface area (Å²) in [4.78, 5) is 26.2. The average Bonchev–Trinajstić information content (AvgIpc) is 2.67. The zero-order valence-corrected chi connectivity index (χ0v) is 16.5. The third kappa shape index (κ3) is 3.71. The van der Waals surface area contributed by atoms with Gasteiger partial charge in [0.05, 0.1) is 6.07 Å². The Hall–Kier alpha value is -2.93. The van der Waals surface area contributed by atoms with Crippen molar-refractivity contribution in [3.8, 4) is 6.07 Å². The van der Waals surface area contributed by atoms with Crippen LogP contribution in [0.1, 0.15) is 56.6 Å². The number of carbonyl (C=O) groups excluding carboxylic acids is 2. The number of nitrogens with zero attached hydrogens (tertiary/aromatic N) is 1. The molecule has 4 heteroatoms. The van der Waals surface area contributed by atoms with E-state index in [1.54, 1.807) is 20.8 Å². The van der Waals surface area contributed by atoms with Gasteiger partial charge in [0.25, 0.3) is 0 Å². The largest absolute Gasteiger partial charge is 0.459 e. The van der Waals surface area contributed by atoms with Crippen LogP contribution >= 0.6 is 0 Å². The SMILES string of the molecule is CC(C)(C)OC(=O)C1(C#N)[C@@H](c2ccccc2)CC(=O)C[C@H]1c1ccccc1. The Morgan fingerprint density at radius 2 is 1.39 bits per heavy atom. The molecule has 0 N–H and O–H groups in total. The number of nitriles is 1. The molecule has 4 nitrogen and oxygen atoms in total. The summed E-state index contributed by atoms with van der Waals surface area (Å²) >= 11 is 0. The minimum Gasteiger partial charge on any atom is -0.459 e. The van der Waals surface area contributed by atoms with Crippen molar-refractivity contribution in [2.75, 3.05) is 0 Å². The predicted octanol–water partition coefficient (Wildman–Crippen LogP) is 4.77. The first-order valence-corrected chi connectivity index (χ1v) is 9.54. The molecule has 0 saturated heterocycles. The Labute approximate surface area is 166 Å².